The first-order valence-electron chi connectivity index (χ1n) is 4.99. The highest BCUT2D eigenvalue weighted by molar-refractivity contribution is 6.28. The van der Waals surface area contributed by atoms with Gasteiger partial charge in [0.15, 0.2) is 0 Å². The van der Waals surface area contributed by atoms with Crippen molar-refractivity contribution in [2.45, 2.75) is 26.2 Å². The molecule has 0 unspecified atom stereocenters. The van der Waals surface area contributed by atoms with E-state index in [-0.39, 0.29) is 0 Å². The average molecular weight is 212 g/mol. The van der Waals surface area contributed by atoms with Gasteiger partial charge in [-0.1, -0.05) is 12.8 Å². The highest BCUT2D eigenvalue weighted by Crippen LogP contribution is 2.32. The van der Waals surface area contributed by atoms with Crippen LogP contribution in [0.3, 0.4) is 0 Å². The van der Waals surface area contributed by atoms with E-state index in [4.69, 9.17) is 11.6 Å². The number of hydrogen-bond donors (Lipinski definition) is 1. The third kappa shape index (κ3) is 2.84. The Balaban J connectivity index is 1.87. The molecule has 0 aliphatic heterocycles. The van der Waals surface area contributed by atoms with E-state index in [2.05, 4.69) is 15.3 Å². The first-order valence-corrected chi connectivity index (χ1v) is 5.37. The van der Waals surface area contributed by atoms with Crippen LogP contribution in [0.25, 0.3) is 0 Å². The number of aryl methyl sites for hydroxylation is 1. The van der Waals surface area contributed by atoms with Crippen molar-refractivity contribution in [3.63, 3.8) is 0 Å². The Morgan fingerprint density at radius 3 is 2.93 bits per heavy atom. The van der Waals surface area contributed by atoms with Crippen molar-refractivity contribution in [1.82, 2.24) is 9.97 Å². The van der Waals surface area contributed by atoms with Crippen molar-refractivity contribution in [1.29, 1.82) is 0 Å². The van der Waals surface area contributed by atoms with Gasteiger partial charge in [-0.15, -0.1) is 0 Å². The van der Waals surface area contributed by atoms with E-state index in [1.807, 2.05) is 13.0 Å². The molecule has 14 heavy (non-hydrogen) atoms. The van der Waals surface area contributed by atoms with E-state index in [9.17, 15) is 0 Å². The summed E-state index contributed by atoms with van der Waals surface area (Å²) in [5.41, 5.74) is 0.902. The molecule has 0 spiro atoms. The maximum absolute atomic E-state index is 5.74. The van der Waals surface area contributed by atoms with Crippen molar-refractivity contribution in [2.75, 3.05) is 11.9 Å². The number of halogens is 1. The molecule has 1 aliphatic carbocycles. The zero-order chi connectivity index (χ0) is 9.97. The van der Waals surface area contributed by atoms with Gasteiger partial charge in [-0.3, -0.25) is 0 Å². The first kappa shape index (κ1) is 9.71. The van der Waals surface area contributed by atoms with E-state index in [1.54, 1.807) is 0 Å². The summed E-state index contributed by atoms with van der Waals surface area (Å²) in [6.07, 6.45) is 4.02. The summed E-state index contributed by atoms with van der Waals surface area (Å²) in [6.45, 7) is 2.90. The van der Waals surface area contributed by atoms with Crippen LogP contribution in [0, 0.1) is 12.8 Å². The van der Waals surface area contributed by atoms with Crippen LogP contribution in [0.2, 0.25) is 5.28 Å². The zero-order valence-electron chi connectivity index (χ0n) is 8.26. The fraction of sp³-hybridized carbons (Fsp3) is 0.600. The monoisotopic (exact) mass is 211 g/mol. The maximum Gasteiger partial charge on any atom is 0.224 e. The molecule has 1 aliphatic rings. The van der Waals surface area contributed by atoms with Gasteiger partial charge < -0.3 is 5.32 Å². The molecule has 0 saturated heterocycles. The van der Waals surface area contributed by atoms with E-state index in [0.717, 1.165) is 24.0 Å². The summed E-state index contributed by atoms with van der Waals surface area (Å²) in [6, 6.07) is 1.92. The summed E-state index contributed by atoms with van der Waals surface area (Å²) in [4.78, 5) is 8.10. The molecule has 0 amide bonds. The number of nitrogens with one attached hydrogen (secondary N) is 1. The quantitative estimate of drug-likeness (QED) is 0.779. The molecule has 2 rings (SSSR count). The predicted octanol–water partition coefficient (Wildman–Crippen LogP) is 2.65. The Morgan fingerprint density at radius 1 is 1.50 bits per heavy atom. The number of rotatable bonds is 4. The van der Waals surface area contributed by atoms with E-state index >= 15 is 0 Å². The van der Waals surface area contributed by atoms with E-state index < -0.39 is 0 Å². The van der Waals surface area contributed by atoms with Crippen LogP contribution in [0.15, 0.2) is 6.07 Å². The number of nitrogens with zero attached hydrogens (tertiary/aromatic N) is 2. The summed E-state index contributed by atoms with van der Waals surface area (Å²) in [5.74, 6) is 1.78. The third-order valence-corrected chi connectivity index (χ3v) is 2.55. The topological polar surface area (TPSA) is 37.8 Å². The third-order valence-electron chi connectivity index (χ3n) is 2.38. The fourth-order valence-electron chi connectivity index (χ4n) is 1.43. The molecule has 4 heteroatoms. The second-order valence-corrected chi connectivity index (χ2v) is 4.16. The van der Waals surface area contributed by atoms with Crippen molar-refractivity contribution in [3.8, 4) is 0 Å². The SMILES string of the molecule is Cc1cc(NCCC2CC2)nc(Cl)n1. The molecule has 0 aromatic carbocycles. The van der Waals surface area contributed by atoms with Gasteiger partial charge in [0, 0.05) is 18.3 Å². The van der Waals surface area contributed by atoms with E-state index in [0.29, 0.717) is 5.28 Å². The number of anilines is 1. The number of aromatic nitrogens is 2. The normalized spacial score (nSPS) is 15.6. The van der Waals surface area contributed by atoms with Crippen LogP contribution in [0.1, 0.15) is 25.0 Å². The highest BCUT2D eigenvalue weighted by Gasteiger charge is 2.20. The molecule has 1 saturated carbocycles. The standard InChI is InChI=1S/C10H14ClN3/c1-7-6-9(14-10(11)13-7)12-5-4-8-2-3-8/h6,8H,2-5H2,1H3,(H,12,13,14). The van der Waals surface area contributed by atoms with Crippen LogP contribution in [-0.2, 0) is 0 Å². The predicted molar refractivity (Wildman–Crippen MR) is 57.6 cm³/mol. The van der Waals surface area contributed by atoms with Gasteiger partial charge in [-0.2, -0.15) is 0 Å². The van der Waals surface area contributed by atoms with Gasteiger partial charge in [0.05, 0.1) is 0 Å². The molecular weight excluding hydrogens is 198 g/mol. The van der Waals surface area contributed by atoms with Gasteiger partial charge in [0.1, 0.15) is 5.82 Å². The molecule has 76 valence electrons. The van der Waals surface area contributed by atoms with Gasteiger partial charge in [0.2, 0.25) is 5.28 Å². The second kappa shape index (κ2) is 4.13. The summed E-state index contributed by atoms with van der Waals surface area (Å²) < 4.78 is 0. The second-order valence-electron chi connectivity index (χ2n) is 3.82. The minimum Gasteiger partial charge on any atom is -0.370 e. The molecule has 0 bridgehead atoms. The van der Waals surface area contributed by atoms with Gasteiger partial charge in [0.25, 0.3) is 0 Å². The van der Waals surface area contributed by atoms with Crippen molar-refractivity contribution < 1.29 is 0 Å². The molecule has 1 fully saturated rings. The molecule has 1 heterocycles. The van der Waals surface area contributed by atoms with Gasteiger partial charge in [-0.05, 0) is 30.9 Å². The van der Waals surface area contributed by atoms with Crippen molar-refractivity contribution in [2.24, 2.45) is 5.92 Å². The van der Waals surface area contributed by atoms with Crippen molar-refractivity contribution >= 4 is 17.4 Å². The smallest absolute Gasteiger partial charge is 0.224 e. The first-order chi connectivity index (χ1) is 6.74. The molecule has 0 atom stereocenters. The van der Waals surface area contributed by atoms with Gasteiger partial charge >= 0.3 is 0 Å². The van der Waals surface area contributed by atoms with Crippen LogP contribution in [-0.4, -0.2) is 16.5 Å². The van der Waals surface area contributed by atoms with E-state index in [1.165, 1.54) is 19.3 Å². The molecule has 1 aromatic heterocycles. The zero-order valence-corrected chi connectivity index (χ0v) is 9.01. The Kier molecular flexibility index (Phi) is 2.87. The molecule has 0 radical (unpaired) electrons. The van der Waals surface area contributed by atoms with Crippen LogP contribution >= 0.6 is 11.6 Å². The fourth-order valence-corrected chi connectivity index (χ4v) is 1.66. The van der Waals surface area contributed by atoms with Crippen LogP contribution < -0.4 is 5.32 Å². The number of hydrogen-bond acceptors (Lipinski definition) is 3. The summed E-state index contributed by atoms with van der Waals surface area (Å²) >= 11 is 5.74. The Hall–Kier alpha value is -0.830. The Bertz CT molecular complexity index is 303. The maximum atomic E-state index is 5.74. The van der Waals surface area contributed by atoms with Crippen LogP contribution in [0.4, 0.5) is 5.82 Å². The molecular formula is C10H14ClN3. The molecule has 3 nitrogen and oxygen atoms in total. The minimum atomic E-state index is 0.318. The Morgan fingerprint density at radius 2 is 2.29 bits per heavy atom. The largest absolute Gasteiger partial charge is 0.370 e. The lowest BCUT2D eigenvalue weighted by Gasteiger charge is -2.05. The lowest BCUT2D eigenvalue weighted by molar-refractivity contribution is 0.758. The highest BCUT2D eigenvalue weighted by atomic mass is 35.5. The Labute approximate surface area is 88.9 Å². The summed E-state index contributed by atoms with van der Waals surface area (Å²) in [5, 5.41) is 3.58. The lowest BCUT2D eigenvalue weighted by atomic mass is 10.3. The molecule has 1 N–H and O–H groups in total. The van der Waals surface area contributed by atoms with Crippen LogP contribution in [0.5, 0.6) is 0 Å². The lowest BCUT2D eigenvalue weighted by Crippen LogP contribution is -2.05. The molecule has 1 aromatic rings. The summed E-state index contributed by atoms with van der Waals surface area (Å²) in [7, 11) is 0. The van der Waals surface area contributed by atoms with Gasteiger partial charge in [-0.25, -0.2) is 9.97 Å². The van der Waals surface area contributed by atoms with Crippen molar-refractivity contribution in [3.05, 3.63) is 17.0 Å². The minimum absolute atomic E-state index is 0.318. The average Bonchev–Trinajstić information content (AvgIpc) is 2.86.